The molecule has 3 aromatic rings. The number of nitrogens with zero attached hydrogens (tertiary/aromatic N) is 1. The van der Waals surface area contributed by atoms with E-state index in [2.05, 4.69) is 15.6 Å². The molecule has 3 rings (SSSR count). The summed E-state index contributed by atoms with van der Waals surface area (Å²) in [6.45, 7) is 0.276. The summed E-state index contributed by atoms with van der Waals surface area (Å²) in [4.78, 5) is 43.4. The Morgan fingerprint density at radius 1 is 0.714 bits per heavy atom. The lowest BCUT2D eigenvalue weighted by Gasteiger charge is -2.25. The normalized spacial score (nSPS) is 12.8. The van der Waals surface area contributed by atoms with Crippen molar-refractivity contribution in [2.24, 2.45) is 27.9 Å². The van der Waals surface area contributed by atoms with Gasteiger partial charge in [0.2, 0.25) is 17.7 Å². The molecule has 0 aliphatic carbocycles. The summed E-state index contributed by atoms with van der Waals surface area (Å²) in [5.74, 6) is -2.31. The van der Waals surface area contributed by atoms with Crippen LogP contribution in [0.4, 0.5) is 0 Å². The Bertz CT molecular complexity index is 1370. The molecule has 0 radical (unpaired) electrons. The number of carbonyl (C=O) groups excluding carboxylic acids is 3. The van der Waals surface area contributed by atoms with Crippen molar-refractivity contribution in [2.45, 2.75) is 43.7 Å². The number of amidine groups is 1. The minimum Gasteiger partial charge on any atom is -0.384 e. The lowest BCUT2D eigenvalue weighted by atomic mass is 9.90. The van der Waals surface area contributed by atoms with E-state index in [1.165, 1.54) is 0 Å². The quantitative estimate of drug-likeness (QED) is 0.0804. The van der Waals surface area contributed by atoms with Crippen molar-refractivity contribution in [1.82, 2.24) is 10.6 Å². The summed E-state index contributed by atoms with van der Waals surface area (Å²) < 4.78 is 0. The van der Waals surface area contributed by atoms with Gasteiger partial charge in [0.25, 0.3) is 0 Å². The number of nitrogens with one attached hydrogen (secondary N) is 3. The molecule has 3 aromatic carbocycles. The minimum atomic E-state index is -0.981. The number of benzene rings is 3. The third kappa shape index (κ3) is 9.77. The van der Waals surface area contributed by atoms with E-state index in [1.807, 2.05) is 72.8 Å². The van der Waals surface area contributed by atoms with E-state index in [0.717, 1.165) is 16.7 Å². The third-order valence-corrected chi connectivity index (χ3v) is 6.74. The standard InChI is InChI=1S/C31H38N8O3/c32-27(33)23-15-13-21(14-16-23)18-24(22-10-5-2-6-11-22)29(41)39-26(19-20-8-3-1-4-9-20)30(42)38-25(28(34)40)12-7-17-37-31(35)36/h1-6,8-11,13-16,24-26H,7,12,17-19H2,(H3,32,33)(H2,34,40)(H,38,42)(H,39,41)(H4,35,36,37)/t24?,25-,26-/m0/s1. The van der Waals surface area contributed by atoms with Crippen molar-refractivity contribution in [2.75, 3.05) is 6.54 Å². The summed E-state index contributed by atoms with van der Waals surface area (Å²) in [5, 5.41) is 13.3. The smallest absolute Gasteiger partial charge is 0.243 e. The monoisotopic (exact) mass is 570 g/mol. The van der Waals surface area contributed by atoms with E-state index in [1.54, 1.807) is 12.1 Å². The van der Waals surface area contributed by atoms with Gasteiger partial charge < -0.3 is 33.6 Å². The Labute approximate surface area is 245 Å². The first kappa shape index (κ1) is 31.3. The predicted octanol–water partition coefficient (Wildman–Crippen LogP) is 1.05. The van der Waals surface area contributed by atoms with Crippen LogP contribution in [0.15, 0.2) is 89.9 Å². The van der Waals surface area contributed by atoms with Gasteiger partial charge in [-0.05, 0) is 36.0 Å². The molecule has 0 aliphatic heterocycles. The van der Waals surface area contributed by atoms with Crippen molar-refractivity contribution < 1.29 is 14.4 Å². The van der Waals surface area contributed by atoms with Gasteiger partial charge in [0.1, 0.15) is 17.9 Å². The van der Waals surface area contributed by atoms with E-state index >= 15 is 0 Å². The zero-order valence-corrected chi connectivity index (χ0v) is 23.3. The molecule has 3 atom stereocenters. The lowest BCUT2D eigenvalue weighted by Crippen LogP contribution is -2.54. The van der Waals surface area contributed by atoms with Gasteiger partial charge in [-0.15, -0.1) is 0 Å². The number of amides is 3. The topological polar surface area (TPSA) is 216 Å². The van der Waals surface area contributed by atoms with Gasteiger partial charge in [0.15, 0.2) is 5.96 Å². The highest BCUT2D eigenvalue weighted by Gasteiger charge is 2.29. The number of hydrogen-bond donors (Lipinski definition) is 7. The fourth-order valence-corrected chi connectivity index (χ4v) is 4.50. The van der Waals surface area contributed by atoms with Crippen molar-refractivity contribution in [3.63, 3.8) is 0 Å². The number of primary amides is 1. The Balaban J connectivity index is 1.84. The van der Waals surface area contributed by atoms with E-state index in [0.29, 0.717) is 18.4 Å². The van der Waals surface area contributed by atoms with Crippen LogP contribution < -0.4 is 33.6 Å². The van der Waals surface area contributed by atoms with Gasteiger partial charge in [0, 0.05) is 18.5 Å². The van der Waals surface area contributed by atoms with Crippen LogP contribution in [0.25, 0.3) is 0 Å². The second kappa shape index (κ2) is 15.6. The van der Waals surface area contributed by atoms with Crippen molar-refractivity contribution in [3.05, 3.63) is 107 Å². The second-order valence-electron chi connectivity index (χ2n) is 9.94. The maximum Gasteiger partial charge on any atom is 0.243 e. The first-order chi connectivity index (χ1) is 20.1. The van der Waals surface area contributed by atoms with Gasteiger partial charge in [-0.25, -0.2) is 0 Å². The van der Waals surface area contributed by atoms with Gasteiger partial charge in [-0.2, -0.15) is 0 Å². The van der Waals surface area contributed by atoms with Gasteiger partial charge in [-0.1, -0.05) is 84.9 Å². The molecule has 0 saturated carbocycles. The van der Waals surface area contributed by atoms with Crippen LogP contribution in [0.1, 0.15) is 41.0 Å². The first-order valence-corrected chi connectivity index (χ1v) is 13.6. The fraction of sp³-hybridized carbons (Fsp3) is 0.258. The molecular weight excluding hydrogens is 532 g/mol. The molecule has 11 nitrogen and oxygen atoms in total. The van der Waals surface area contributed by atoms with E-state index < -0.39 is 29.8 Å². The van der Waals surface area contributed by atoms with Crippen LogP contribution in [0.2, 0.25) is 0 Å². The average molecular weight is 571 g/mol. The average Bonchev–Trinajstić information content (AvgIpc) is 2.97. The highest BCUT2D eigenvalue weighted by atomic mass is 16.2. The van der Waals surface area contributed by atoms with Gasteiger partial charge in [0.05, 0.1) is 5.92 Å². The number of nitrogens with two attached hydrogens (primary N) is 4. The zero-order valence-electron chi connectivity index (χ0n) is 23.3. The fourth-order valence-electron chi connectivity index (χ4n) is 4.50. The summed E-state index contributed by atoms with van der Waals surface area (Å²) in [7, 11) is 0. The number of aliphatic imine (C=N–C) groups is 1. The number of nitrogen functional groups attached to an aromatic ring is 1. The molecule has 1 unspecified atom stereocenters. The minimum absolute atomic E-state index is 0.0424. The summed E-state index contributed by atoms with van der Waals surface area (Å²) >= 11 is 0. The molecule has 220 valence electrons. The van der Waals surface area contributed by atoms with Crippen molar-refractivity contribution in [3.8, 4) is 0 Å². The SMILES string of the molecule is N=C(N)c1ccc(CC(C(=O)N[C@@H](Cc2ccccc2)C(=O)N[C@@H](CCCN=C(N)N)C(N)=O)c2ccccc2)cc1. The molecule has 0 aliphatic rings. The van der Waals surface area contributed by atoms with Crippen LogP contribution in [-0.2, 0) is 27.2 Å². The number of guanidine groups is 1. The summed E-state index contributed by atoms with van der Waals surface area (Å²) in [6.07, 6.45) is 1.20. The molecule has 3 amide bonds. The summed E-state index contributed by atoms with van der Waals surface area (Å²) in [5.41, 5.74) is 24.9. The molecule has 0 bridgehead atoms. The molecule has 0 heterocycles. The summed E-state index contributed by atoms with van der Waals surface area (Å²) in [6, 6.07) is 23.7. The zero-order chi connectivity index (χ0) is 30.5. The molecule has 11 heteroatoms. The Morgan fingerprint density at radius 2 is 1.29 bits per heavy atom. The largest absolute Gasteiger partial charge is 0.384 e. The van der Waals surface area contributed by atoms with Crippen molar-refractivity contribution >= 4 is 29.5 Å². The predicted molar refractivity (Wildman–Crippen MR) is 163 cm³/mol. The molecule has 0 aromatic heterocycles. The van der Waals surface area contributed by atoms with E-state index in [-0.39, 0.29) is 37.1 Å². The van der Waals surface area contributed by atoms with Crippen LogP contribution in [0, 0.1) is 5.41 Å². The maximum atomic E-state index is 13.8. The molecule has 0 saturated heterocycles. The Hall–Kier alpha value is -5.19. The lowest BCUT2D eigenvalue weighted by molar-refractivity contribution is -0.131. The number of hydrogen-bond acceptors (Lipinski definition) is 5. The van der Waals surface area contributed by atoms with Crippen LogP contribution in [0.3, 0.4) is 0 Å². The number of rotatable bonds is 15. The van der Waals surface area contributed by atoms with Crippen LogP contribution in [-0.4, -0.2) is 48.1 Å². The Morgan fingerprint density at radius 3 is 1.86 bits per heavy atom. The highest BCUT2D eigenvalue weighted by Crippen LogP contribution is 2.22. The van der Waals surface area contributed by atoms with E-state index in [9.17, 15) is 14.4 Å². The molecular formula is C31H38N8O3. The Kier molecular flexibility index (Phi) is 11.6. The maximum absolute atomic E-state index is 13.8. The van der Waals surface area contributed by atoms with Gasteiger partial charge >= 0.3 is 0 Å². The van der Waals surface area contributed by atoms with E-state index in [4.69, 9.17) is 28.3 Å². The molecule has 0 spiro atoms. The number of carbonyl (C=O) groups is 3. The second-order valence-corrected chi connectivity index (χ2v) is 9.94. The third-order valence-electron chi connectivity index (χ3n) is 6.74. The van der Waals surface area contributed by atoms with Crippen molar-refractivity contribution in [1.29, 1.82) is 5.41 Å². The van der Waals surface area contributed by atoms with Gasteiger partial charge in [-0.3, -0.25) is 24.8 Å². The molecule has 11 N–H and O–H groups in total. The molecule has 0 fully saturated rings. The van der Waals surface area contributed by atoms with Crippen LogP contribution >= 0.6 is 0 Å². The highest BCUT2D eigenvalue weighted by molar-refractivity contribution is 5.95. The van der Waals surface area contributed by atoms with Crippen LogP contribution in [0.5, 0.6) is 0 Å². The first-order valence-electron chi connectivity index (χ1n) is 13.6. The molecule has 42 heavy (non-hydrogen) atoms.